The molecule has 228 valence electrons. The monoisotopic (exact) mass is 613 g/mol. The minimum absolute atomic E-state index is 0.00786. The zero-order valence-corrected chi connectivity index (χ0v) is 24.7. The Morgan fingerprint density at radius 3 is 1.93 bits per heavy atom. The van der Waals surface area contributed by atoms with E-state index < -0.39 is 28.6 Å². The quantitative estimate of drug-likeness (QED) is 0.0988. The number of nitrogens with zero attached hydrogens (tertiary/aromatic N) is 3. The topological polar surface area (TPSA) is 127 Å². The Labute approximate surface area is 263 Å². The van der Waals surface area contributed by atoms with Crippen LogP contribution in [0.15, 0.2) is 91.0 Å². The lowest BCUT2D eigenvalue weighted by molar-refractivity contribution is -0.385. The van der Waals surface area contributed by atoms with E-state index in [1.54, 1.807) is 37.3 Å². The van der Waals surface area contributed by atoms with Gasteiger partial charge in [0, 0.05) is 42.5 Å². The summed E-state index contributed by atoms with van der Waals surface area (Å²) in [7, 11) is 0. The van der Waals surface area contributed by atoms with Gasteiger partial charge >= 0.3 is 5.97 Å². The van der Waals surface area contributed by atoms with Crippen LogP contribution < -0.4 is 14.5 Å². The van der Waals surface area contributed by atoms with E-state index in [2.05, 4.69) is 24.3 Å². The summed E-state index contributed by atoms with van der Waals surface area (Å²) in [5, 5.41) is 11.4. The molecule has 4 aromatic carbocycles. The molecule has 0 spiro atoms. The summed E-state index contributed by atoms with van der Waals surface area (Å²) in [5.41, 5.74) is 5.34. The van der Waals surface area contributed by atoms with Gasteiger partial charge in [-0.3, -0.25) is 29.3 Å². The van der Waals surface area contributed by atoms with Gasteiger partial charge in [0.2, 0.25) is 17.7 Å². The molecule has 3 aliphatic carbocycles. The van der Waals surface area contributed by atoms with Gasteiger partial charge in [-0.05, 0) is 47.4 Å². The summed E-state index contributed by atoms with van der Waals surface area (Å²) < 4.78 is 5.68. The maximum Gasteiger partial charge on any atom is 0.316 e. The molecule has 10 heteroatoms. The molecule has 2 aliphatic heterocycles. The van der Waals surface area contributed by atoms with E-state index in [-0.39, 0.29) is 54.0 Å². The number of nitro benzene ring substituents is 1. The van der Waals surface area contributed by atoms with E-state index in [1.807, 2.05) is 24.3 Å². The van der Waals surface area contributed by atoms with Crippen molar-refractivity contribution in [2.45, 2.75) is 25.2 Å². The highest BCUT2D eigenvalue weighted by Crippen LogP contribution is 2.61. The molecule has 0 N–H and O–H groups in total. The maximum absolute atomic E-state index is 14.1. The summed E-state index contributed by atoms with van der Waals surface area (Å²) in [5.74, 6) is -3.75. The zero-order chi connectivity index (χ0) is 31.9. The second-order valence-electron chi connectivity index (χ2n) is 12.3. The van der Waals surface area contributed by atoms with Crippen molar-refractivity contribution < 1.29 is 28.8 Å². The molecule has 2 fully saturated rings. The fourth-order valence-corrected chi connectivity index (χ4v) is 7.89. The van der Waals surface area contributed by atoms with E-state index in [4.69, 9.17) is 4.74 Å². The summed E-state index contributed by atoms with van der Waals surface area (Å²) in [4.78, 5) is 67.7. The van der Waals surface area contributed by atoms with Gasteiger partial charge in [-0.15, -0.1) is 0 Å². The van der Waals surface area contributed by atoms with E-state index in [0.29, 0.717) is 16.9 Å². The summed E-state index contributed by atoms with van der Waals surface area (Å²) >= 11 is 0. The maximum atomic E-state index is 14.1. The van der Waals surface area contributed by atoms with Crippen molar-refractivity contribution in [3.05, 3.63) is 129 Å². The predicted molar refractivity (Wildman–Crippen MR) is 166 cm³/mol. The van der Waals surface area contributed by atoms with Gasteiger partial charge in [-0.1, -0.05) is 60.7 Å². The number of rotatable bonds is 5. The lowest BCUT2D eigenvalue weighted by Crippen LogP contribution is -2.41. The van der Waals surface area contributed by atoms with Crippen LogP contribution in [0.25, 0.3) is 0 Å². The van der Waals surface area contributed by atoms with Crippen molar-refractivity contribution in [3.8, 4) is 5.75 Å². The highest BCUT2D eigenvalue weighted by molar-refractivity contribution is 6.23. The number of esters is 1. The molecule has 9 rings (SSSR count). The first-order valence-corrected chi connectivity index (χ1v) is 15.2. The van der Waals surface area contributed by atoms with Crippen LogP contribution >= 0.6 is 0 Å². The molecule has 3 atom stereocenters. The van der Waals surface area contributed by atoms with Crippen LogP contribution in [0.4, 0.5) is 17.1 Å². The third kappa shape index (κ3) is 4.02. The molecule has 10 nitrogen and oxygen atoms in total. The summed E-state index contributed by atoms with van der Waals surface area (Å²) in [6, 6.07) is 26.9. The molecule has 46 heavy (non-hydrogen) atoms. The Hall–Kier alpha value is -5.64. The molecule has 0 radical (unpaired) electrons. The largest absolute Gasteiger partial charge is 0.426 e. The molecule has 5 aliphatic rings. The number of amides is 3. The highest BCUT2D eigenvalue weighted by atomic mass is 16.6. The number of benzene rings is 4. The van der Waals surface area contributed by atoms with E-state index in [9.17, 15) is 29.3 Å². The number of hydrogen-bond acceptors (Lipinski definition) is 7. The van der Waals surface area contributed by atoms with Crippen molar-refractivity contribution in [2.24, 2.45) is 17.8 Å². The van der Waals surface area contributed by atoms with Gasteiger partial charge in [0.05, 0.1) is 34.1 Å². The highest BCUT2D eigenvalue weighted by Gasteiger charge is 2.61. The molecule has 2 bridgehead atoms. The SMILES string of the molecule is Cc1ccc(N2C[C@H](C(=O)Oc3cccc(N4C(=O)[C@H]5C6c7ccccc7C(c7ccccc76)[C@@H]5C4=O)c3)CC2=O)cc1[N+](=O)[O-]. The summed E-state index contributed by atoms with van der Waals surface area (Å²) in [6.07, 6.45) is -0.115. The van der Waals surface area contributed by atoms with Crippen molar-refractivity contribution in [3.63, 3.8) is 0 Å². The minimum atomic E-state index is -0.804. The van der Waals surface area contributed by atoms with Crippen LogP contribution in [0.3, 0.4) is 0 Å². The molecular formula is C36H27N3O7. The molecule has 0 unspecified atom stereocenters. The van der Waals surface area contributed by atoms with Crippen molar-refractivity contribution >= 4 is 40.8 Å². The number of imide groups is 1. The molecule has 4 aromatic rings. The van der Waals surface area contributed by atoms with Crippen LogP contribution in [0, 0.1) is 34.8 Å². The average Bonchev–Trinajstić information content (AvgIpc) is 3.58. The first-order valence-electron chi connectivity index (χ1n) is 15.2. The Bertz CT molecular complexity index is 1910. The van der Waals surface area contributed by atoms with Gasteiger partial charge in [0.1, 0.15) is 5.75 Å². The average molecular weight is 614 g/mol. The van der Waals surface area contributed by atoms with Gasteiger partial charge in [0.15, 0.2) is 0 Å². The first kappa shape index (κ1) is 27.9. The molecular weight excluding hydrogens is 586 g/mol. The van der Waals surface area contributed by atoms with Crippen LogP contribution in [0.2, 0.25) is 0 Å². The Morgan fingerprint density at radius 2 is 1.37 bits per heavy atom. The van der Waals surface area contributed by atoms with Crippen LogP contribution in [0.5, 0.6) is 5.75 Å². The van der Waals surface area contributed by atoms with Gasteiger partial charge < -0.3 is 9.64 Å². The number of ether oxygens (including phenoxy) is 1. The first-order chi connectivity index (χ1) is 22.2. The Morgan fingerprint density at radius 1 is 0.783 bits per heavy atom. The zero-order valence-electron chi connectivity index (χ0n) is 24.7. The Balaban J connectivity index is 1.04. The molecule has 2 heterocycles. The number of nitro groups is 1. The van der Waals surface area contributed by atoms with Crippen molar-refractivity contribution in [2.75, 3.05) is 16.3 Å². The number of carbonyl (C=O) groups is 4. The third-order valence-corrected chi connectivity index (χ3v) is 9.90. The molecule has 0 saturated carbocycles. The number of hydrogen-bond donors (Lipinski definition) is 0. The van der Waals surface area contributed by atoms with Gasteiger partial charge in [-0.2, -0.15) is 0 Å². The van der Waals surface area contributed by atoms with Crippen molar-refractivity contribution in [1.29, 1.82) is 0 Å². The molecule has 3 amide bonds. The predicted octanol–water partition coefficient (Wildman–Crippen LogP) is 5.26. The van der Waals surface area contributed by atoms with E-state index in [0.717, 1.165) is 22.3 Å². The van der Waals surface area contributed by atoms with Gasteiger partial charge in [0.25, 0.3) is 5.69 Å². The van der Waals surface area contributed by atoms with Crippen LogP contribution in [0.1, 0.15) is 46.1 Å². The molecule has 0 aromatic heterocycles. The lowest BCUT2D eigenvalue weighted by atomic mass is 9.55. The normalized spacial score (nSPS) is 24.1. The number of anilines is 2. The van der Waals surface area contributed by atoms with Crippen LogP contribution in [-0.4, -0.2) is 35.2 Å². The fraction of sp³-hybridized carbons (Fsp3) is 0.222. The van der Waals surface area contributed by atoms with Crippen molar-refractivity contribution in [1.82, 2.24) is 0 Å². The Kier molecular flexibility index (Phi) is 6.18. The second kappa shape index (κ2) is 10.2. The standard InChI is InChI=1S/C36H27N3O7/c1-19-13-14-21(17-28(19)39(44)45)37-18-20(15-29(37)40)36(43)46-23-8-6-7-22(16-23)38-34(41)32-30-24-9-2-3-10-25(24)31(33(32)35(38)42)27-12-5-4-11-26(27)30/h2-14,16-17,20,30-33H,15,18H2,1H3/t20-,30?,31?,32+,33+/m1/s1. The summed E-state index contributed by atoms with van der Waals surface area (Å²) in [6.45, 7) is 1.62. The second-order valence-corrected chi connectivity index (χ2v) is 12.3. The third-order valence-electron chi connectivity index (χ3n) is 9.90. The van der Waals surface area contributed by atoms with Crippen LogP contribution in [-0.2, 0) is 19.2 Å². The van der Waals surface area contributed by atoms with Gasteiger partial charge in [-0.25, -0.2) is 4.90 Å². The minimum Gasteiger partial charge on any atom is -0.426 e. The fourth-order valence-electron chi connectivity index (χ4n) is 7.89. The number of carbonyl (C=O) groups excluding carboxylic acids is 4. The van der Waals surface area contributed by atoms with E-state index >= 15 is 0 Å². The smallest absolute Gasteiger partial charge is 0.316 e. The number of aryl methyl sites for hydroxylation is 1. The lowest BCUT2D eigenvalue weighted by Gasteiger charge is -2.45. The molecule has 2 saturated heterocycles. The van der Waals surface area contributed by atoms with E-state index in [1.165, 1.54) is 21.9 Å².